The highest BCUT2D eigenvalue weighted by Crippen LogP contribution is 2.35. The molecule has 1 aliphatic rings. The van der Waals surface area contributed by atoms with Gasteiger partial charge in [0.2, 0.25) is 5.95 Å². The fourth-order valence-electron chi connectivity index (χ4n) is 4.50. The number of hydrogen-bond acceptors (Lipinski definition) is 4. The van der Waals surface area contributed by atoms with Crippen molar-refractivity contribution in [2.24, 2.45) is 5.92 Å². The molecule has 2 heterocycles. The standard InChI is InChI=1S/C28H33ClN4O/c1-19(2)17-30-27(34)24-18-31-28(32-25(24)15-12-21-8-5-4-7-20(21)3)33-16-6-9-26(33)22-10-13-23(29)14-11-22/h4-5,7-8,10-11,13-14,18-19,26H,6,9,12,15-17H2,1-3H3,(H,30,34)/t26-/m1/s1. The van der Waals surface area contributed by atoms with Gasteiger partial charge in [-0.05, 0) is 67.3 Å². The molecule has 1 atom stereocenters. The SMILES string of the molecule is Cc1ccccc1CCc1nc(N2CCC[C@@H]2c2ccc(Cl)cc2)ncc1C(=O)NCC(C)C. The maximum Gasteiger partial charge on any atom is 0.254 e. The number of anilines is 1. The van der Waals surface area contributed by atoms with E-state index in [1.807, 2.05) is 12.1 Å². The van der Waals surface area contributed by atoms with Crippen molar-refractivity contribution < 1.29 is 4.79 Å². The van der Waals surface area contributed by atoms with Crippen LogP contribution in [0.2, 0.25) is 5.02 Å². The highest BCUT2D eigenvalue weighted by Gasteiger charge is 2.29. The lowest BCUT2D eigenvalue weighted by Gasteiger charge is -2.26. The highest BCUT2D eigenvalue weighted by atomic mass is 35.5. The number of carbonyl (C=O) groups is 1. The number of rotatable bonds is 8. The summed E-state index contributed by atoms with van der Waals surface area (Å²) in [5, 5.41) is 3.77. The number of aromatic nitrogens is 2. The molecule has 0 saturated carbocycles. The summed E-state index contributed by atoms with van der Waals surface area (Å²) in [7, 11) is 0. The van der Waals surface area contributed by atoms with Gasteiger partial charge in [-0.15, -0.1) is 0 Å². The smallest absolute Gasteiger partial charge is 0.254 e. The maximum absolute atomic E-state index is 13.0. The zero-order valence-corrected chi connectivity index (χ0v) is 21.0. The van der Waals surface area contributed by atoms with Crippen LogP contribution in [0.15, 0.2) is 54.7 Å². The Morgan fingerprint density at radius 2 is 1.91 bits per heavy atom. The molecule has 34 heavy (non-hydrogen) atoms. The number of benzene rings is 2. The Hall–Kier alpha value is -2.92. The second kappa shape index (κ2) is 11.0. The van der Waals surface area contributed by atoms with E-state index in [2.05, 4.69) is 72.4 Å². The van der Waals surface area contributed by atoms with Crippen LogP contribution >= 0.6 is 11.6 Å². The number of aryl methyl sites for hydroxylation is 3. The van der Waals surface area contributed by atoms with E-state index in [4.69, 9.17) is 16.6 Å². The van der Waals surface area contributed by atoms with Crippen molar-refractivity contribution in [3.63, 3.8) is 0 Å². The van der Waals surface area contributed by atoms with Crippen LogP contribution in [-0.2, 0) is 12.8 Å². The van der Waals surface area contributed by atoms with E-state index in [1.165, 1.54) is 16.7 Å². The molecule has 0 spiro atoms. The van der Waals surface area contributed by atoms with E-state index in [1.54, 1.807) is 6.20 Å². The van der Waals surface area contributed by atoms with Gasteiger partial charge in [0.05, 0.1) is 17.3 Å². The lowest BCUT2D eigenvalue weighted by Crippen LogP contribution is -2.30. The molecule has 0 unspecified atom stereocenters. The van der Waals surface area contributed by atoms with Crippen molar-refractivity contribution in [1.82, 2.24) is 15.3 Å². The topological polar surface area (TPSA) is 58.1 Å². The summed E-state index contributed by atoms with van der Waals surface area (Å²) in [6.45, 7) is 7.82. The largest absolute Gasteiger partial charge is 0.352 e. The average molecular weight is 477 g/mol. The van der Waals surface area contributed by atoms with Gasteiger partial charge >= 0.3 is 0 Å². The normalized spacial score (nSPS) is 15.7. The van der Waals surface area contributed by atoms with Crippen molar-refractivity contribution in [1.29, 1.82) is 0 Å². The fraction of sp³-hybridized carbons (Fsp3) is 0.393. The van der Waals surface area contributed by atoms with Crippen LogP contribution in [0.3, 0.4) is 0 Å². The molecule has 6 heteroatoms. The highest BCUT2D eigenvalue weighted by molar-refractivity contribution is 6.30. The Kier molecular flexibility index (Phi) is 7.84. The molecular formula is C28H33ClN4O. The van der Waals surface area contributed by atoms with Gasteiger partial charge in [-0.25, -0.2) is 9.97 Å². The first-order chi connectivity index (χ1) is 16.4. The lowest BCUT2D eigenvalue weighted by molar-refractivity contribution is 0.0947. The lowest BCUT2D eigenvalue weighted by atomic mass is 10.0. The molecule has 1 N–H and O–H groups in total. The predicted octanol–water partition coefficient (Wildman–Crippen LogP) is 5.95. The maximum atomic E-state index is 13.0. The van der Waals surface area contributed by atoms with Gasteiger partial charge in [0, 0.05) is 24.3 Å². The molecule has 4 rings (SSSR count). The van der Waals surface area contributed by atoms with Crippen LogP contribution in [0, 0.1) is 12.8 Å². The van der Waals surface area contributed by atoms with E-state index in [9.17, 15) is 4.79 Å². The first-order valence-electron chi connectivity index (χ1n) is 12.1. The second-order valence-corrected chi connectivity index (χ2v) is 9.90. The number of amides is 1. The van der Waals surface area contributed by atoms with Crippen molar-refractivity contribution in [2.45, 2.75) is 52.5 Å². The van der Waals surface area contributed by atoms with Gasteiger partial charge in [0.1, 0.15) is 0 Å². The molecule has 0 bridgehead atoms. The summed E-state index contributed by atoms with van der Waals surface area (Å²) >= 11 is 6.10. The van der Waals surface area contributed by atoms with Gasteiger partial charge in [0.25, 0.3) is 5.91 Å². The summed E-state index contributed by atoms with van der Waals surface area (Å²) in [5.74, 6) is 0.970. The monoisotopic (exact) mass is 476 g/mol. The molecular weight excluding hydrogens is 444 g/mol. The van der Waals surface area contributed by atoms with Crippen LogP contribution in [0.1, 0.15) is 65.5 Å². The zero-order chi connectivity index (χ0) is 24.1. The van der Waals surface area contributed by atoms with Crippen molar-refractivity contribution in [3.8, 4) is 0 Å². The third kappa shape index (κ3) is 5.76. The molecule has 178 valence electrons. The van der Waals surface area contributed by atoms with Gasteiger partial charge in [0.15, 0.2) is 0 Å². The summed E-state index contributed by atoms with van der Waals surface area (Å²) in [6.07, 6.45) is 5.34. The minimum atomic E-state index is -0.101. The summed E-state index contributed by atoms with van der Waals surface area (Å²) in [5.41, 5.74) is 5.11. The average Bonchev–Trinajstić information content (AvgIpc) is 3.32. The van der Waals surface area contributed by atoms with E-state index in [0.717, 1.165) is 36.5 Å². The predicted molar refractivity (Wildman–Crippen MR) is 139 cm³/mol. The van der Waals surface area contributed by atoms with Gasteiger partial charge in [-0.2, -0.15) is 0 Å². The molecule has 1 amide bonds. The Balaban J connectivity index is 1.63. The van der Waals surface area contributed by atoms with Crippen molar-refractivity contribution >= 4 is 23.5 Å². The van der Waals surface area contributed by atoms with Crippen LogP contribution in [0.5, 0.6) is 0 Å². The number of nitrogens with one attached hydrogen (secondary N) is 1. The van der Waals surface area contributed by atoms with Gasteiger partial charge < -0.3 is 10.2 Å². The summed E-state index contributed by atoms with van der Waals surface area (Å²) in [6, 6.07) is 16.6. The Morgan fingerprint density at radius 3 is 2.65 bits per heavy atom. The molecule has 0 aliphatic carbocycles. The van der Waals surface area contributed by atoms with E-state index >= 15 is 0 Å². The number of hydrogen-bond donors (Lipinski definition) is 1. The Bertz CT molecular complexity index is 1130. The van der Waals surface area contributed by atoms with Gasteiger partial charge in [-0.1, -0.05) is 61.8 Å². The van der Waals surface area contributed by atoms with Crippen LogP contribution in [0.25, 0.3) is 0 Å². The quantitative estimate of drug-likeness (QED) is 0.436. The first kappa shape index (κ1) is 24.2. The third-order valence-electron chi connectivity index (χ3n) is 6.43. The van der Waals surface area contributed by atoms with Crippen LogP contribution in [0.4, 0.5) is 5.95 Å². The van der Waals surface area contributed by atoms with Crippen molar-refractivity contribution in [2.75, 3.05) is 18.0 Å². The molecule has 1 aromatic heterocycles. The third-order valence-corrected chi connectivity index (χ3v) is 6.68. The Morgan fingerprint density at radius 1 is 1.15 bits per heavy atom. The number of halogens is 1. The van der Waals surface area contributed by atoms with Gasteiger partial charge in [-0.3, -0.25) is 4.79 Å². The van der Waals surface area contributed by atoms with Crippen LogP contribution in [-0.4, -0.2) is 29.0 Å². The van der Waals surface area contributed by atoms with E-state index in [-0.39, 0.29) is 11.9 Å². The molecule has 0 radical (unpaired) electrons. The van der Waals surface area contributed by atoms with E-state index in [0.29, 0.717) is 30.4 Å². The van der Waals surface area contributed by atoms with Crippen LogP contribution < -0.4 is 10.2 Å². The molecule has 1 fully saturated rings. The summed E-state index contributed by atoms with van der Waals surface area (Å²) < 4.78 is 0. The minimum absolute atomic E-state index is 0.101. The second-order valence-electron chi connectivity index (χ2n) is 9.46. The summed E-state index contributed by atoms with van der Waals surface area (Å²) in [4.78, 5) is 24.9. The number of carbonyl (C=O) groups excluding carboxylic acids is 1. The molecule has 1 aliphatic heterocycles. The minimum Gasteiger partial charge on any atom is -0.352 e. The number of nitrogens with zero attached hydrogens (tertiary/aromatic N) is 3. The molecule has 5 nitrogen and oxygen atoms in total. The fourth-order valence-corrected chi connectivity index (χ4v) is 4.62. The molecule has 1 saturated heterocycles. The molecule has 2 aromatic carbocycles. The van der Waals surface area contributed by atoms with Crippen molar-refractivity contribution in [3.05, 3.63) is 87.7 Å². The molecule has 3 aromatic rings. The first-order valence-corrected chi connectivity index (χ1v) is 12.5. The zero-order valence-electron chi connectivity index (χ0n) is 20.2. The van der Waals surface area contributed by atoms with E-state index < -0.39 is 0 Å². The Labute approximate surface area is 207 Å².